The quantitative estimate of drug-likeness (QED) is 0.678. The summed E-state index contributed by atoms with van der Waals surface area (Å²) < 4.78 is 5.11. The standard InChI is InChI=1S/C21H28ClN3O4/c1-15-17(22)8-5-9-18(15)25-14-24(13-20(25)27)19(26)12-23(10-11-29-2)21(28)16-6-3-4-7-16/h5,8-9,16H,3-4,6-7,10-14H2,1-2H3. The third-order valence-corrected chi connectivity index (χ3v) is 6.14. The van der Waals surface area contributed by atoms with Crippen LogP contribution in [-0.2, 0) is 19.1 Å². The third-order valence-electron chi connectivity index (χ3n) is 5.73. The molecule has 0 bridgehead atoms. The first-order valence-electron chi connectivity index (χ1n) is 10.0. The summed E-state index contributed by atoms with van der Waals surface area (Å²) in [6, 6.07) is 5.38. The zero-order valence-electron chi connectivity index (χ0n) is 17.0. The minimum atomic E-state index is -0.233. The summed E-state index contributed by atoms with van der Waals surface area (Å²) in [6.45, 7) is 2.72. The van der Waals surface area contributed by atoms with Crippen molar-refractivity contribution in [2.75, 3.05) is 44.9 Å². The maximum atomic E-state index is 12.9. The van der Waals surface area contributed by atoms with Crippen LogP contribution in [0.15, 0.2) is 18.2 Å². The molecule has 7 nitrogen and oxygen atoms in total. The number of benzene rings is 1. The van der Waals surface area contributed by atoms with E-state index >= 15 is 0 Å². The summed E-state index contributed by atoms with van der Waals surface area (Å²) >= 11 is 6.18. The normalized spacial score (nSPS) is 17.3. The van der Waals surface area contributed by atoms with Crippen LogP contribution in [0.1, 0.15) is 31.2 Å². The van der Waals surface area contributed by atoms with Gasteiger partial charge in [-0.2, -0.15) is 0 Å². The van der Waals surface area contributed by atoms with Crippen LogP contribution in [-0.4, -0.2) is 67.5 Å². The first-order valence-corrected chi connectivity index (χ1v) is 10.4. The van der Waals surface area contributed by atoms with Gasteiger partial charge in [-0.1, -0.05) is 30.5 Å². The van der Waals surface area contributed by atoms with E-state index in [9.17, 15) is 14.4 Å². The molecule has 2 aliphatic rings. The Kier molecular flexibility index (Phi) is 7.14. The lowest BCUT2D eigenvalue weighted by atomic mass is 10.1. The highest BCUT2D eigenvalue weighted by molar-refractivity contribution is 6.31. The van der Waals surface area contributed by atoms with Crippen LogP contribution in [0, 0.1) is 12.8 Å². The molecular weight excluding hydrogens is 394 g/mol. The molecule has 8 heteroatoms. The molecule has 1 aliphatic heterocycles. The minimum absolute atomic E-state index is 0.000519. The van der Waals surface area contributed by atoms with Crippen LogP contribution in [0.3, 0.4) is 0 Å². The van der Waals surface area contributed by atoms with Gasteiger partial charge in [-0.15, -0.1) is 0 Å². The van der Waals surface area contributed by atoms with E-state index in [1.807, 2.05) is 13.0 Å². The summed E-state index contributed by atoms with van der Waals surface area (Å²) in [5.41, 5.74) is 1.51. The molecule has 0 unspecified atom stereocenters. The number of carbonyl (C=O) groups excluding carboxylic acids is 3. The summed E-state index contributed by atoms with van der Waals surface area (Å²) in [4.78, 5) is 42.9. The van der Waals surface area contributed by atoms with E-state index in [1.54, 1.807) is 29.0 Å². The maximum absolute atomic E-state index is 12.9. The summed E-state index contributed by atoms with van der Waals surface area (Å²) in [5, 5.41) is 0.577. The van der Waals surface area contributed by atoms with Crippen molar-refractivity contribution in [3.05, 3.63) is 28.8 Å². The molecule has 1 aliphatic carbocycles. The van der Waals surface area contributed by atoms with Gasteiger partial charge in [-0.05, 0) is 37.5 Å². The van der Waals surface area contributed by atoms with Crippen molar-refractivity contribution in [2.45, 2.75) is 32.6 Å². The molecule has 1 aromatic rings. The highest BCUT2D eigenvalue weighted by Crippen LogP contribution is 2.29. The van der Waals surface area contributed by atoms with E-state index < -0.39 is 0 Å². The van der Waals surface area contributed by atoms with Crippen LogP contribution >= 0.6 is 11.6 Å². The van der Waals surface area contributed by atoms with E-state index in [2.05, 4.69) is 0 Å². The minimum Gasteiger partial charge on any atom is -0.383 e. The molecule has 3 amide bonds. The zero-order chi connectivity index (χ0) is 21.0. The second kappa shape index (κ2) is 9.59. The maximum Gasteiger partial charge on any atom is 0.248 e. The lowest BCUT2D eigenvalue weighted by Gasteiger charge is -2.27. The predicted octanol–water partition coefficient (Wildman–Crippen LogP) is 2.45. The molecule has 158 valence electrons. The first kappa shape index (κ1) is 21.6. The van der Waals surface area contributed by atoms with E-state index in [-0.39, 0.29) is 43.4 Å². The van der Waals surface area contributed by atoms with Crippen LogP contribution in [0.25, 0.3) is 0 Å². The van der Waals surface area contributed by atoms with Gasteiger partial charge in [0.25, 0.3) is 0 Å². The second-order valence-corrected chi connectivity index (χ2v) is 8.08. The van der Waals surface area contributed by atoms with Gasteiger partial charge < -0.3 is 14.5 Å². The molecule has 0 aromatic heterocycles. The Morgan fingerprint density at radius 1 is 1.28 bits per heavy atom. The third kappa shape index (κ3) is 4.90. The zero-order valence-corrected chi connectivity index (χ0v) is 17.8. The van der Waals surface area contributed by atoms with Gasteiger partial charge in [-0.3, -0.25) is 19.3 Å². The summed E-state index contributed by atoms with van der Waals surface area (Å²) in [7, 11) is 1.57. The number of nitrogens with zero attached hydrogens (tertiary/aromatic N) is 3. The molecule has 1 heterocycles. The topological polar surface area (TPSA) is 70.2 Å². The van der Waals surface area contributed by atoms with E-state index in [1.165, 1.54) is 4.90 Å². The molecule has 0 spiro atoms. The number of amides is 3. The Hall–Kier alpha value is -2.12. The van der Waals surface area contributed by atoms with Crippen molar-refractivity contribution >= 4 is 35.0 Å². The van der Waals surface area contributed by atoms with Crippen molar-refractivity contribution < 1.29 is 19.1 Å². The Bertz CT molecular complexity index is 779. The Balaban J connectivity index is 1.67. The number of anilines is 1. The number of carbonyl (C=O) groups is 3. The molecule has 2 fully saturated rings. The van der Waals surface area contributed by atoms with Gasteiger partial charge in [0, 0.05) is 30.3 Å². The predicted molar refractivity (Wildman–Crippen MR) is 111 cm³/mol. The monoisotopic (exact) mass is 421 g/mol. The lowest BCUT2D eigenvalue weighted by molar-refractivity contribution is -0.143. The summed E-state index contributed by atoms with van der Waals surface area (Å²) in [6.07, 6.45) is 3.86. The van der Waals surface area contributed by atoms with Gasteiger partial charge in [0.05, 0.1) is 13.2 Å². The molecule has 1 saturated heterocycles. The highest BCUT2D eigenvalue weighted by atomic mass is 35.5. The fourth-order valence-electron chi connectivity index (χ4n) is 3.98. The van der Waals surface area contributed by atoms with Crippen LogP contribution in [0.5, 0.6) is 0 Å². The van der Waals surface area contributed by atoms with Crippen molar-refractivity contribution in [3.8, 4) is 0 Å². The second-order valence-electron chi connectivity index (χ2n) is 7.67. The van der Waals surface area contributed by atoms with Crippen LogP contribution < -0.4 is 4.90 Å². The molecule has 3 rings (SSSR count). The van der Waals surface area contributed by atoms with Crippen molar-refractivity contribution in [2.24, 2.45) is 5.92 Å². The van der Waals surface area contributed by atoms with Crippen LogP contribution in [0.4, 0.5) is 5.69 Å². The van der Waals surface area contributed by atoms with Gasteiger partial charge in [0.15, 0.2) is 0 Å². The fourth-order valence-corrected chi connectivity index (χ4v) is 4.15. The summed E-state index contributed by atoms with van der Waals surface area (Å²) in [5.74, 6) is -0.385. The van der Waals surface area contributed by atoms with Crippen LogP contribution in [0.2, 0.25) is 5.02 Å². The SMILES string of the molecule is COCCN(CC(=O)N1CC(=O)N(c2cccc(Cl)c2C)C1)C(=O)C1CCCC1. The Morgan fingerprint density at radius 2 is 2.00 bits per heavy atom. The Morgan fingerprint density at radius 3 is 2.69 bits per heavy atom. The average molecular weight is 422 g/mol. The van der Waals surface area contributed by atoms with E-state index in [0.717, 1.165) is 31.2 Å². The average Bonchev–Trinajstić information content (AvgIpc) is 3.37. The van der Waals surface area contributed by atoms with E-state index in [0.29, 0.717) is 23.9 Å². The number of ether oxygens (including phenoxy) is 1. The van der Waals surface area contributed by atoms with Gasteiger partial charge in [0.2, 0.25) is 17.7 Å². The van der Waals surface area contributed by atoms with E-state index in [4.69, 9.17) is 16.3 Å². The van der Waals surface area contributed by atoms with Crippen molar-refractivity contribution in [1.82, 2.24) is 9.80 Å². The lowest BCUT2D eigenvalue weighted by Crippen LogP contribution is -2.45. The number of halogens is 1. The number of hydrogen-bond donors (Lipinski definition) is 0. The van der Waals surface area contributed by atoms with Gasteiger partial charge in [-0.25, -0.2) is 0 Å². The van der Waals surface area contributed by atoms with Crippen molar-refractivity contribution in [3.63, 3.8) is 0 Å². The molecule has 0 N–H and O–H groups in total. The molecule has 29 heavy (non-hydrogen) atoms. The highest BCUT2D eigenvalue weighted by Gasteiger charge is 2.35. The number of hydrogen-bond acceptors (Lipinski definition) is 4. The van der Waals surface area contributed by atoms with Crippen molar-refractivity contribution in [1.29, 1.82) is 0 Å². The molecule has 0 atom stereocenters. The largest absolute Gasteiger partial charge is 0.383 e. The number of methoxy groups -OCH3 is 1. The molecule has 0 radical (unpaired) electrons. The molecule has 1 saturated carbocycles. The molecule has 1 aromatic carbocycles. The fraction of sp³-hybridized carbons (Fsp3) is 0.571. The smallest absolute Gasteiger partial charge is 0.248 e. The van der Waals surface area contributed by atoms with Gasteiger partial charge in [0.1, 0.15) is 13.2 Å². The molecular formula is C21H28ClN3O4. The first-order chi connectivity index (χ1) is 13.9. The van der Waals surface area contributed by atoms with Gasteiger partial charge >= 0.3 is 0 Å². The number of rotatable bonds is 7. The Labute approximate surface area is 176 Å².